The molecule has 0 radical (unpaired) electrons. The molecule has 0 bridgehead atoms. The zero-order valence-corrected chi connectivity index (χ0v) is 14.2. The van der Waals surface area contributed by atoms with Crippen LogP contribution in [0.4, 0.5) is 4.39 Å². The van der Waals surface area contributed by atoms with Crippen molar-refractivity contribution in [2.45, 2.75) is 30.2 Å². The molecule has 2 rings (SSSR count). The van der Waals surface area contributed by atoms with Gasteiger partial charge in [0.15, 0.2) is 0 Å². The maximum Gasteiger partial charge on any atom is 0.242 e. The van der Waals surface area contributed by atoms with E-state index in [1.54, 1.807) is 7.11 Å². The Labute approximate surface area is 135 Å². The van der Waals surface area contributed by atoms with E-state index in [1.165, 1.54) is 13.0 Å². The van der Waals surface area contributed by atoms with Crippen LogP contribution in [0.5, 0.6) is 0 Å². The number of methoxy groups -OCH3 is 1. The second-order valence-corrected chi connectivity index (χ2v) is 7.74. The summed E-state index contributed by atoms with van der Waals surface area (Å²) in [6.07, 6.45) is 1.78. The number of hydrogen-bond acceptors (Lipinski definition) is 4. The molecule has 0 spiro atoms. The normalized spacial score (nSPS) is 22.2. The fourth-order valence-electron chi connectivity index (χ4n) is 2.62. The number of aryl methyl sites for hydroxylation is 1. The molecule has 8 heteroatoms. The minimum absolute atomic E-state index is 0.112. The lowest BCUT2D eigenvalue weighted by atomic mass is 9.99. The summed E-state index contributed by atoms with van der Waals surface area (Å²) in [6, 6.07) is 2.26. The Morgan fingerprint density at radius 1 is 1.50 bits per heavy atom. The van der Waals surface area contributed by atoms with E-state index in [0.29, 0.717) is 6.61 Å². The van der Waals surface area contributed by atoms with Gasteiger partial charge in [0.1, 0.15) is 10.7 Å². The predicted molar refractivity (Wildman–Crippen MR) is 83.2 cm³/mol. The summed E-state index contributed by atoms with van der Waals surface area (Å²) in [4.78, 5) is -0.112. The molecule has 1 heterocycles. The van der Waals surface area contributed by atoms with Crippen molar-refractivity contribution in [1.29, 1.82) is 0 Å². The van der Waals surface area contributed by atoms with Gasteiger partial charge >= 0.3 is 0 Å². The third-order valence-corrected chi connectivity index (χ3v) is 5.72. The summed E-state index contributed by atoms with van der Waals surface area (Å²) in [5.41, 5.74) is -0.181. The van der Waals surface area contributed by atoms with Crippen molar-refractivity contribution in [3.05, 3.63) is 28.5 Å². The van der Waals surface area contributed by atoms with Crippen LogP contribution in [0, 0.1) is 12.7 Å². The van der Waals surface area contributed by atoms with E-state index in [0.717, 1.165) is 25.5 Å². The number of nitrogens with one attached hydrogen (secondary N) is 2. The fraction of sp³-hybridized carbons (Fsp3) is 0.571. The highest BCUT2D eigenvalue weighted by atomic mass is 35.5. The van der Waals surface area contributed by atoms with Crippen LogP contribution in [0.1, 0.15) is 18.4 Å². The molecular weight excluding hydrogens is 331 g/mol. The van der Waals surface area contributed by atoms with Crippen LogP contribution in [0.2, 0.25) is 5.02 Å². The van der Waals surface area contributed by atoms with Gasteiger partial charge in [0.05, 0.1) is 17.2 Å². The molecule has 0 saturated carbocycles. The van der Waals surface area contributed by atoms with Gasteiger partial charge in [-0.25, -0.2) is 17.5 Å². The first-order chi connectivity index (χ1) is 10.3. The molecule has 22 heavy (non-hydrogen) atoms. The van der Waals surface area contributed by atoms with Gasteiger partial charge in [0.25, 0.3) is 0 Å². The van der Waals surface area contributed by atoms with Crippen LogP contribution in [0.25, 0.3) is 0 Å². The minimum atomic E-state index is -3.82. The Morgan fingerprint density at radius 3 is 2.82 bits per heavy atom. The number of rotatable bonds is 6. The van der Waals surface area contributed by atoms with Gasteiger partial charge in [-0.1, -0.05) is 11.6 Å². The van der Waals surface area contributed by atoms with E-state index < -0.39 is 21.4 Å². The van der Waals surface area contributed by atoms with Crippen LogP contribution in [0.15, 0.2) is 17.0 Å². The van der Waals surface area contributed by atoms with Crippen LogP contribution >= 0.6 is 11.6 Å². The first-order valence-electron chi connectivity index (χ1n) is 6.99. The van der Waals surface area contributed by atoms with Crippen molar-refractivity contribution >= 4 is 21.6 Å². The molecule has 124 valence electrons. The van der Waals surface area contributed by atoms with Gasteiger partial charge in [-0.2, -0.15) is 0 Å². The van der Waals surface area contributed by atoms with E-state index in [2.05, 4.69) is 10.0 Å². The van der Waals surface area contributed by atoms with Crippen LogP contribution in [-0.2, 0) is 14.8 Å². The maximum absolute atomic E-state index is 13.4. The van der Waals surface area contributed by atoms with Crippen molar-refractivity contribution in [1.82, 2.24) is 10.0 Å². The van der Waals surface area contributed by atoms with Crippen molar-refractivity contribution in [2.75, 3.05) is 26.8 Å². The molecule has 0 aromatic heterocycles. The van der Waals surface area contributed by atoms with Gasteiger partial charge in [-0.3, -0.25) is 0 Å². The molecule has 1 unspecified atom stereocenters. The molecule has 1 aliphatic heterocycles. The highest BCUT2D eigenvalue weighted by molar-refractivity contribution is 7.89. The predicted octanol–water partition coefficient (Wildman–Crippen LogP) is 1.83. The van der Waals surface area contributed by atoms with Crippen molar-refractivity contribution < 1.29 is 17.5 Å². The first-order valence-corrected chi connectivity index (χ1v) is 8.85. The average molecular weight is 351 g/mol. The molecule has 1 atom stereocenters. The third-order valence-electron chi connectivity index (χ3n) is 3.86. The van der Waals surface area contributed by atoms with Gasteiger partial charge in [-0.15, -0.1) is 0 Å². The second-order valence-electron chi connectivity index (χ2n) is 5.60. The minimum Gasteiger partial charge on any atom is -0.383 e. The van der Waals surface area contributed by atoms with Crippen LogP contribution in [0.3, 0.4) is 0 Å². The van der Waals surface area contributed by atoms with E-state index >= 15 is 0 Å². The lowest BCUT2D eigenvalue weighted by molar-refractivity contribution is 0.122. The summed E-state index contributed by atoms with van der Waals surface area (Å²) in [5.74, 6) is -0.530. The summed E-state index contributed by atoms with van der Waals surface area (Å²) >= 11 is 5.88. The molecule has 0 amide bonds. The summed E-state index contributed by atoms with van der Waals surface area (Å²) in [5, 5.41) is 3.16. The lowest BCUT2D eigenvalue weighted by Crippen LogP contribution is -2.52. The van der Waals surface area contributed by atoms with E-state index in [4.69, 9.17) is 16.3 Å². The zero-order chi connectivity index (χ0) is 16.4. The number of hydrogen-bond donors (Lipinski definition) is 2. The van der Waals surface area contributed by atoms with Crippen molar-refractivity contribution in [3.8, 4) is 0 Å². The quantitative estimate of drug-likeness (QED) is 0.821. The number of sulfonamides is 1. The summed E-state index contributed by atoms with van der Waals surface area (Å²) in [6.45, 7) is 2.92. The molecule has 1 saturated heterocycles. The topological polar surface area (TPSA) is 67.4 Å². The fourth-order valence-corrected chi connectivity index (χ4v) is 4.34. The van der Waals surface area contributed by atoms with Gasteiger partial charge in [0, 0.05) is 13.7 Å². The van der Waals surface area contributed by atoms with Crippen molar-refractivity contribution in [2.24, 2.45) is 0 Å². The smallest absolute Gasteiger partial charge is 0.242 e. The Hall–Kier alpha value is -0.730. The van der Waals surface area contributed by atoms with Crippen LogP contribution < -0.4 is 10.0 Å². The number of halogens is 2. The summed E-state index contributed by atoms with van der Waals surface area (Å²) < 4.78 is 46.0. The third kappa shape index (κ3) is 3.78. The molecule has 5 nitrogen and oxygen atoms in total. The van der Waals surface area contributed by atoms with E-state index in [9.17, 15) is 12.8 Å². The Morgan fingerprint density at radius 2 is 2.23 bits per heavy atom. The average Bonchev–Trinajstić information content (AvgIpc) is 2.90. The summed E-state index contributed by atoms with van der Waals surface area (Å²) in [7, 11) is -2.24. The number of benzene rings is 1. The van der Waals surface area contributed by atoms with E-state index in [1.807, 2.05) is 0 Å². The first kappa shape index (κ1) is 17.6. The molecular formula is C14H20ClFN2O3S. The van der Waals surface area contributed by atoms with Gasteiger partial charge in [-0.05, 0) is 44.0 Å². The number of ether oxygens (including phenoxy) is 1. The SMILES string of the molecule is COCC1(CNS(=O)(=O)c2cc(C)c(F)cc2Cl)CCCN1. The monoisotopic (exact) mass is 350 g/mol. The van der Waals surface area contributed by atoms with Gasteiger partial charge < -0.3 is 10.1 Å². The lowest BCUT2D eigenvalue weighted by Gasteiger charge is -2.29. The largest absolute Gasteiger partial charge is 0.383 e. The Balaban J connectivity index is 2.19. The molecule has 1 aliphatic rings. The van der Waals surface area contributed by atoms with Crippen molar-refractivity contribution in [3.63, 3.8) is 0 Å². The molecule has 0 aliphatic carbocycles. The molecule has 1 fully saturated rings. The highest BCUT2D eigenvalue weighted by Gasteiger charge is 2.35. The Bertz CT molecular complexity index is 646. The zero-order valence-electron chi connectivity index (χ0n) is 12.6. The second kappa shape index (κ2) is 6.80. The molecule has 1 aromatic carbocycles. The molecule has 2 N–H and O–H groups in total. The molecule has 1 aromatic rings. The van der Waals surface area contributed by atoms with Gasteiger partial charge in [0.2, 0.25) is 10.0 Å². The highest BCUT2D eigenvalue weighted by Crippen LogP contribution is 2.25. The standard InChI is InChI=1S/C14H20ClFN2O3S/c1-10-6-13(11(15)7-12(10)16)22(19,20)18-8-14(9-21-2)4-3-5-17-14/h6-7,17-18H,3-5,8-9H2,1-2H3. The van der Waals surface area contributed by atoms with Crippen LogP contribution in [-0.4, -0.2) is 40.8 Å². The Kier molecular flexibility index (Phi) is 5.45. The maximum atomic E-state index is 13.4. The van der Waals surface area contributed by atoms with E-state index in [-0.39, 0.29) is 22.0 Å².